The molecule has 0 unspecified atom stereocenters. The number of fused-ring (bicyclic) bond motifs is 5. The molecule has 0 bridgehead atoms. The molecule has 272 valence electrons. The molecule has 1 heterocycles. The van der Waals surface area contributed by atoms with Gasteiger partial charge in [-0.2, -0.15) is 0 Å². The highest BCUT2D eigenvalue weighted by atomic mass is 15.1. The minimum Gasteiger partial charge on any atom is -0.310 e. The van der Waals surface area contributed by atoms with Crippen molar-refractivity contribution < 1.29 is 0 Å². The summed E-state index contributed by atoms with van der Waals surface area (Å²) in [6, 6.07) is 83.6. The number of hydrogen-bond donors (Lipinski definition) is 0. The Bertz CT molecular complexity index is 3200. The largest absolute Gasteiger partial charge is 0.310 e. The molecule has 0 N–H and O–H groups in total. The maximum Gasteiger partial charge on any atom is 0.0541 e. The molecule has 0 fully saturated rings. The van der Waals surface area contributed by atoms with E-state index in [1.165, 1.54) is 76.7 Å². The predicted molar refractivity (Wildman–Crippen MR) is 247 cm³/mol. The molecule has 11 aromatic rings. The van der Waals surface area contributed by atoms with Crippen molar-refractivity contribution in [1.29, 1.82) is 0 Å². The van der Waals surface area contributed by atoms with Crippen molar-refractivity contribution in [2.45, 2.75) is 0 Å². The number of para-hydroxylation sites is 3. The summed E-state index contributed by atoms with van der Waals surface area (Å²) in [4.78, 5) is 2.35. The number of rotatable bonds is 7. The van der Waals surface area contributed by atoms with Crippen LogP contribution in [0.4, 0.5) is 17.1 Å². The fourth-order valence-electron chi connectivity index (χ4n) is 8.99. The van der Waals surface area contributed by atoms with Crippen molar-refractivity contribution in [3.8, 4) is 39.1 Å². The third kappa shape index (κ3) is 5.66. The van der Waals surface area contributed by atoms with Crippen LogP contribution < -0.4 is 4.90 Å². The summed E-state index contributed by atoms with van der Waals surface area (Å²) in [6.07, 6.45) is 0. The molecule has 58 heavy (non-hydrogen) atoms. The molecular formula is C56H38N2. The van der Waals surface area contributed by atoms with E-state index in [9.17, 15) is 0 Å². The highest BCUT2D eigenvalue weighted by Gasteiger charge is 2.19. The Kier molecular flexibility index (Phi) is 8.19. The Hall–Kier alpha value is -7.68. The zero-order chi connectivity index (χ0) is 38.4. The van der Waals surface area contributed by atoms with Gasteiger partial charge in [0.15, 0.2) is 0 Å². The summed E-state index contributed by atoms with van der Waals surface area (Å²) < 4.78 is 2.39. The first-order chi connectivity index (χ1) is 28.8. The number of hydrogen-bond acceptors (Lipinski definition) is 1. The fourth-order valence-corrected chi connectivity index (χ4v) is 8.99. The molecule has 0 spiro atoms. The Labute approximate surface area is 338 Å². The van der Waals surface area contributed by atoms with E-state index in [0.29, 0.717) is 0 Å². The van der Waals surface area contributed by atoms with E-state index in [4.69, 9.17) is 0 Å². The van der Waals surface area contributed by atoms with Gasteiger partial charge < -0.3 is 9.47 Å². The highest BCUT2D eigenvalue weighted by molar-refractivity contribution is 6.22. The lowest BCUT2D eigenvalue weighted by Crippen LogP contribution is -2.10. The minimum absolute atomic E-state index is 1.09. The third-order valence-corrected chi connectivity index (χ3v) is 11.5. The van der Waals surface area contributed by atoms with Crippen molar-refractivity contribution in [3.05, 3.63) is 231 Å². The van der Waals surface area contributed by atoms with Crippen LogP contribution in [0.2, 0.25) is 0 Å². The van der Waals surface area contributed by atoms with E-state index < -0.39 is 0 Å². The molecule has 0 radical (unpaired) electrons. The second-order valence-corrected chi connectivity index (χ2v) is 14.9. The van der Waals surface area contributed by atoms with Gasteiger partial charge >= 0.3 is 0 Å². The number of anilines is 3. The van der Waals surface area contributed by atoms with Crippen molar-refractivity contribution in [2.24, 2.45) is 0 Å². The Morgan fingerprint density at radius 3 is 1.31 bits per heavy atom. The summed E-state index contributed by atoms with van der Waals surface area (Å²) >= 11 is 0. The maximum absolute atomic E-state index is 2.40. The molecule has 0 atom stereocenters. The van der Waals surface area contributed by atoms with Gasteiger partial charge in [-0.25, -0.2) is 0 Å². The average molecular weight is 739 g/mol. The number of nitrogens with zero attached hydrogens (tertiary/aromatic N) is 2. The van der Waals surface area contributed by atoms with E-state index in [1.807, 2.05) is 0 Å². The minimum atomic E-state index is 1.09. The molecule has 11 rings (SSSR count). The fraction of sp³-hybridized carbons (Fsp3) is 0. The van der Waals surface area contributed by atoms with Gasteiger partial charge in [-0.05, 0) is 116 Å². The van der Waals surface area contributed by atoms with Gasteiger partial charge in [0.2, 0.25) is 0 Å². The van der Waals surface area contributed by atoms with E-state index in [2.05, 4.69) is 240 Å². The van der Waals surface area contributed by atoms with Crippen molar-refractivity contribution in [2.75, 3.05) is 4.90 Å². The van der Waals surface area contributed by atoms with Crippen molar-refractivity contribution in [3.63, 3.8) is 0 Å². The van der Waals surface area contributed by atoms with Crippen LogP contribution in [0.15, 0.2) is 231 Å². The quantitative estimate of drug-likeness (QED) is 0.148. The van der Waals surface area contributed by atoms with Gasteiger partial charge in [0, 0.05) is 33.5 Å². The predicted octanol–water partition coefficient (Wildman–Crippen LogP) is 15.6. The molecule has 0 saturated heterocycles. The molecule has 10 aromatic carbocycles. The lowest BCUT2D eigenvalue weighted by Gasteiger charge is -2.26. The average Bonchev–Trinajstić information content (AvgIpc) is 3.64. The number of aromatic nitrogens is 1. The first-order valence-electron chi connectivity index (χ1n) is 19.9. The standard InChI is InChI=1S/C56H38N2/c1-4-17-40(18-5-1)55-49-27-10-11-28-50(49)56(41-19-6-2-7-20-41)52-37-42(33-36-51(52)55)39-31-34-44(35-32-39)57(43-21-8-3-9-22-43)45-23-16-24-46(38-45)58-53-29-14-12-25-47(53)48-26-13-15-30-54(48)58/h1-38H. The van der Waals surface area contributed by atoms with Crippen LogP contribution in [-0.4, -0.2) is 4.57 Å². The highest BCUT2D eigenvalue weighted by Crippen LogP contribution is 2.45. The smallest absolute Gasteiger partial charge is 0.0541 e. The van der Waals surface area contributed by atoms with Crippen LogP contribution in [0.5, 0.6) is 0 Å². The van der Waals surface area contributed by atoms with Crippen LogP contribution in [-0.2, 0) is 0 Å². The molecule has 1 aromatic heterocycles. The molecule has 0 aliphatic heterocycles. The van der Waals surface area contributed by atoms with Crippen LogP contribution >= 0.6 is 0 Å². The lowest BCUT2D eigenvalue weighted by molar-refractivity contribution is 1.17. The molecule has 0 aliphatic carbocycles. The third-order valence-electron chi connectivity index (χ3n) is 11.5. The van der Waals surface area contributed by atoms with Gasteiger partial charge in [0.05, 0.1) is 11.0 Å². The van der Waals surface area contributed by atoms with Gasteiger partial charge in [-0.1, -0.05) is 170 Å². The zero-order valence-electron chi connectivity index (χ0n) is 31.8. The van der Waals surface area contributed by atoms with Crippen LogP contribution in [0.25, 0.3) is 82.4 Å². The normalized spacial score (nSPS) is 11.4. The molecule has 0 amide bonds. The SMILES string of the molecule is c1ccc(-c2c3ccccc3c(-c3ccccc3)c3cc(-c4ccc(N(c5ccccc5)c5cccc(-n6c7ccccc7c7ccccc76)c5)cc4)ccc23)cc1. The van der Waals surface area contributed by atoms with E-state index in [1.54, 1.807) is 0 Å². The van der Waals surface area contributed by atoms with E-state index in [-0.39, 0.29) is 0 Å². The molecular weight excluding hydrogens is 701 g/mol. The van der Waals surface area contributed by atoms with Gasteiger partial charge in [-0.3, -0.25) is 0 Å². The number of benzene rings is 10. The lowest BCUT2D eigenvalue weighted by atomic mass is 9.85. The van der Waals surface area contributed by atoms with Gasteiger partial charge in [0.1, 0.15) is 0 Å². The second-order valence-electron chi connectivity index (χ2n) is 14.9. The van der Waals surface area contributed by atoms with Crippen LogP contribution in [0.3, 0.4) is 0 Å². The Morgan fingerprint density at radius 2 is 0.707 bits per heavy atom. The summed E-state index contributed by atoms with van der Waals surface area (Å²) in [7, 11) is 0. The van der Waals surface area contributed by atoms with E-state index >= 15 is 0 Å². The molecule has 0 saturated carbocycles. The topological polar surface area (TPSA) is 8.17 Å². The second kappa shape index (κ2) is 14.1. The van der Waals surface area contributed by atoms with Crippen LogP contribution in [0.1, 0.15) is 0 Å². The van der Waals surface area contributed by atoms with Gasteiger partial charge in [-0.15, -0.1) is 0 Å². The van der Waals surface area contributed by atoms with E-state index in [0.717, 1.165) is 22.7 Å². The molecule has 0 aliphatic rings. The Morgan fingerprint density at radius 1 is 0.259 bits per heavy atom. The summed E-state index contributed by atoms with van der Waals surface area (Å²) in [6.45, 7) is 0. The monoisotopic (exact) mass is 738 g/mol. The maximum atomic E-state index is 2.40. The molecule has 2 heteroatoms. The Balaban J connectivity index is 1.05. The molecule has 2 nitrogen and oxygen atoms in total. The van der Waals surface area contributed by atoms with Crippen LogP contribution in [0, 0.1) is 0 Å². The summed E-state index contributed by atoms with van der Waals surface area (Å²) in [5, 5.41) is 7.54. The van der Waals surface area contributed by atoms with Crippen molar-refractivity contribution in [1.82, 2.24) is 4.57 Å². The first-order valence-corrected chi connectivity index (χ1v) is 19.9. The summed E-state index contributed by atoms with van der Waals surface area (Å²) in [5.74, 6) is 0. The van der Waals surface area contributed by atoms with Gasteiger partial charge in [0.25, 0.3) is 0 Å². The zero-order valence-corrected chi connectivity index (χ0v) is 31.8. The van der Waals surface area contributed by atoms with Crippen molar-refractivity contribution >= 4 is 60.4 Å². The summed E-state index contributed by atoms with van der Waals surface area (Å²) in [5.41, 5.74) is 14.2. The first kappa shape index (κ1) is 33.6.